The van der Waals surface area contributed by atoms with Crippen molar-refractivity contribution in [2.75, 3.05) is 27.0 Å². The van der Waals surface area contributed by atoms with Crippen LogP contribution in [0.2, 0.25) is 5.02 Å². The number of nitrogen functional groups attached to an aromatic ring is 2. The summed E-state index contributed by atoms with van der Waals surface area (Å²) >= 11 is 6.31. The number of anilines is 5. The smallest absolute Gasteiger partial charge is 0.262 e. The van der Waals surface area contributed by atoms with Crippen LogP contribution in [0, 0.1) is 5.82 Å². The van der Waals surface area contributed by atoms with E-state index in [2.05, 4.69) is 20.6 Å². The third kappa shape index (κ3) is 4.37. The Morgan fingerprint density at radius 2 is 1.91 bits per heavy atom. The van der Waals surface area contributed by atoms with Crippen LogP contribution in [0.4, 0.5) is 33.3 Å². The van der Waals surface area contributed by atoms with Crippen molar-refractivity contribution in [2.45, 2.75) is 31.5 Å². The van der Waals surface area contributed by atoms with E-state index in [1.807, 2.05) is 0 Å². The number of carbonyl (C=O) groups is 2. The number of hydrogen-bond donors (Lipinski definition) is 5. The van der Waals surface area contributed by atoms with E-state index in [1.165, 1.54) is 23.1 Å². The number of halogens is 2. The molecule has 35 heavy (non-hydrogen) atoms. The first-order valence-corrected chi connectivity index (χ1v) is 11.1. The highest BCUT2D eigenvalue weighted by Crippen LogP contribution is 2.42. The van der Waals surface area contributed by atoms with Crippen molar-refractivity contribution >= 4 is 52.4 Å². The third-order valence-electron chi connectivity index (χ3n) is 5.92. The molecule has 182 valence electrons. The second kappa shape index (κ2) is 9.26. The Labute approximate surface area is 205 Å². The maximum atomic E-state index is 15.0. The minimum atomic E-state index is -1.39. The molecule has 2 aromatic carbocycles. The van der Waals surface area contributed by atoms with Gasteiger partial charge in [-0.05, 0) is 31.2 Å². The molecule has 2 atom stereocenters. The lowest BCUT2D eigenvalue weighted by atomic mass is 9.87. The number of hydrogen-bond acceptors (Lipinski definition) is 8. The summed E-state index contributed by atoms with van der Waals surface area (Å²) in [6, 6.07) is 12.3. The second-order valence-electron chi connectivity index (χ2n) is 8.15. The summed E-state index contributed by atoms with van der Waals surface area (Å²) in [5, 5.41) is 6.34. The predicted octanol–water partition coefficient (Wildman–Crippen LogP) is 2.97. The highest BCUT2D eigenvalue weighted by molar-refractivity contribution is 6.35. The Morgan fingerprint density at radius 3 is 2.60 bits per heavy atom. The van der Waals surface area contributed by atoms with Gasteiger partial charge in [0.2, 0.25) is 11.9 Å². The van der Waals surface area contributed by atoms with E-state index in [9.17, 15) is 14.0 Å². The fraction of sp³-hybridized carbons (Fsp3) is 0.217. The van der Waals surface area contributed by atoms with Gasteiger partial charge in [0.05, 0.1) is 17.3 Å². The third-order valence-corrected chi connectivity index (χ3v) is 6.29. The molecule has 0 saturated carbocycles. The van der Waals surface area contributed by atoms with Gasteiger partial charge in [-0.1, -0.05) is 35.9 Å². The fourth-order valence-electron chi connectivity index (χ4n) is 4.24. The zero-order valence-electron chi connectivity index (χ0n) is 18.8. The van der Waals surface area contributed by atoms with Crippen LogP contribution in [-0.4, -0.2) is 33.5 Å². The summed E-state index contributed by atoms with van der Waals surface area (Å²) in [7, 11) is 0. The number of aromatic nitrogens is 2. The van der Waals surface area contributed by atoms with Crippen molar-refractivity contribution < 1.29 is 14.0 Å². The van der Waals surface area contributed by atoms with Gasteiger partial charge in [0.1, 0.15) is 22.3 Å². The molecule has 1 aromatic heterocycles. The molecule has 0 aliphatic carbocycles. The van der Waals surface area contributed by atoms with Gasteiger partial charge in [-0.2, -0.15) is 9.97 Å². The summed E-state index contributed by atoms with van der Waals surface area (Å²) in [6.45, 7) is 1.73. The Balaban J connectivity index is 1.91. The Hall–Kier alpha value is -4.12. The molecule has 10 nitrogen and oxygen atoms in total. The van der Waals surface area contributed by atoms with E-state index >= 15 is 0 Å². The highest BCUT2D eigenvalue weighted by atomic mass is 35.5. The van der Waals surface area contributed by atoms with Crippen molar-refractivity contribution in [1.82, 2.24) is 9.97 Å². The van der Waals surface area contributed by atoms with Crippen LogP contribution >= 0.6 is 11.6 Å². The molecular weight excluding hydrogens is 475 g/mol. The molecule has 2 unspecified atom stereocenters. The van der Waals surface area contributed by atoms with Gasteiger partial charge >= 0.3 is 0 Å². The van der Waals surface area contributed by atoms with E-state index in [-0.39, 0.29) is 46.7 Å². The summed E-state index contributed by atoms with van der Waals surface area (Å²) in [6.07, 6.45) is -0.0836. The Morgan fingerprint density at radius 1 is 1.20 bits per heavy atom. The molecule has 0 radical (unpaired) electrons. The molecule has 3 aromatic rings. The molecule has 0 fully saturated rings. The molecule has 0 saturated heterocycles. The van der Waals surface area contributed by atoms with Gasteiger partial charge < -0.3 is 27.8 Å². The highest BCUT2D eigenvalue weighted by Gasteiger charge is 2.50. The summed E-state index contributed by atoms with van der Waals surface area (Å²) < 4.78 is 15.0. The van der Waals surface area contributed by atoms with E-state index in [0.29, 0.717) is 5.69 Å². The van der Waals surface area contributed by atoms with Crippen molar-refractivity contribution in [3.63, 3.8) is 0 Å². The number of para-hydroxylation sites is 2. The average Bonchev–Trinajstić information content (AvgIpc) is 2.82. The Kier molecular flexibility index (Phi) is 6.35. The van der Waals surface area contributed by atoms with Crippen LogP contribution in [-0.2, 0) is 4.79 Å². The van der Waals surface area contributed by atoms with Crippen LogP contribution < -0.4 is 32.7 Å². The number of amides is 2. The van der Waals surface area contributed by atoms with Gasteiger partial charge in [0.25, 0.3) is 5.91 Å². The molecule has 2 amide bonds. The maximum absolute atomic E-state index is 15.0. The van der Waals surface area contributed by atoms with Crippen LogP contribution in [0.5, 0.6) is 0 Å². The predicted molar refractivity (Wildman–Crippen MR) is 133 cm³/mol. The Bertz CT molecular complexity index is 1290. The molecule has 8 N–H and O–H groups in total. The first-order valence-electron chi connectivity index (χ1n) is 10.7. The molecule has 2 heterocycles. The standard InChI is InChI=1S/C23H24ClFN8O2/c1-12(29-20-17(24)19(27)30-22(28)31-20)23(11-10-16(26)34)32-18-14(8-5-9-15(18)25)21(35)33(23)13-6-3-2-4-7-13/h2-9,12,32H,10-11H2,1H3,(H2,26,34)(H5,27,28,29,30,31). The SMILES string of the molecule is CC(Nc1nc(N)nc(N)c1Cl)C1(CCC(N)=O)Nc2c(F)cccc2C(=O)N1c1ccccc1. The fourth-order valence-corrected chi connectivity index (χ4v) is 4.38. The molecular formula is C23H24ClFN8O2. The van der Waals surface area contributed by atoms with Crippen LogP contribution in [0.15, 0.2) is 48.5 Å². The quantitative estimate of drug-likeness (QED) is 0.331. The van der Waals surface area contributed by atoms with Gasteiger partial charge in [-0.15, -0.1) is 0 Å². The number of carbonyl (C=O) groups excluding carboxylic acids is 2. The maximum Gasteiger partial charge on any atom is 0.262 e. The van der Waals surface area contributed by atoms with Crippen molar-refractivity contribution in [2.24, 2.45) is 5.73 Å². The van der Waals surface area contributed by atoms with Crippen molar-refractivity contribution in [3.05, 3.63) is 64.9 Å². The van der Waals surface area contributed by atoms with Crippen LogP contribution in [0.3, 0.4) is 0 Å². The molecule has 1 aliphatic heterocycles. The lowest BCUT2D eigenvalue weighted by molar-refractivity contribution is -0.118. The zero-order valence-corrected chi connectivity index (χ0v) is 19.5. The van der Waals surface area contributed by atoms with Gasteiger partial charge in [-0.3, -0.25) is 14.5 Å². The van der Waals surface area contributed by atoms with Gasteiger partial charge in [0.15, 0.2) is 5.82 Å². The van der Waals surface area contributed by atoms with Crippen LogP contribution in [0.25, 0.3) is 0 Å². The second-order valence-corrected chi connectivity index (χ2v) is 8.53. The lowest BCUT2D eigenvalue weighted by Gasteiger charge is -2.51. The largest absolute Gasteiger partial charge is 0.382 e. The topological polar surface area (TPSA) is 165 Å². The minimum absolute atomic E-state index is 0.00983. The van der Waals surface area contributed by atoms with E-state index in [4.69, 9.17) is 28.8 Å². The number of fused-ring (bicyclic) bond motifs is 1. The van der Waals surface area contributed by atoms with Crippen molar-refractivity contribution in [3.8, 4) is 0 Å². The first-order chi connectivity index (χ1) is 16.6. The number of nitrogens with one attached hydrogen (secondary N) is 2. The van der Waals surface area contributed by atoms with E-state index in [0.717, 1.165) is 0 Å². The number of nitrogens with zero attached hydrogens (tertiary/aromatic N) is 3. The molecule has 4 rings (SSSR count). The summed E-state index contributed by atoms with van der Waals surface area (Å²) in [5.74, 6) is -1.71. The lowest BCUT2D eigenvalue weighted by Crippen LogP contribution is -2.68. The summed E-state index contributed by atoms with van der Waals surface area (Å²) in [5.41, 5.74) is 16.4. The zero-order chi connectivity index (χ0) is 25.3. The van der Waals surface area contributed by atoms with Gasteiger partial charge in [0, 0.05) is 18.5 Å². The molecule has 1 aliphatic rings. The average molecular weight is 499 g/mol. The van der Waals surface area contributed by atoms with Crippen molar-refractivity contribution in [1.29, 1.82) is 0 Å². The normalized spacial score (nSPS) is 17.9. The van der Waals surface area contributed by atoms with Gasteiger partial charge in [-0.25, -0.2) is 4.39 Å². The number of rotatable bonds is 7. The first kappa shape index (κ1) is 24.0. The van der Waals surface area contributed by atoms with E-state index in [1.54, 1.807) is 37.3 Å². The monoisotopic (exact) mass is 498 g/mol. The summed E-state index contributed by atoms with van der Waals surface area (Å²) in [4.78, 5) is 35.1. The molecule has 12 heteroatoms. The minimum Gasteiger partial charge on any atom is -0.382 e. The molecule has 0 spiro atoms. The number of primary amides is 1. The van der Waals surface area contributed by atoms with E-state index < -0.39 is 29.3 Å². The number of benzene rings is 2. The van der Waals surface area contributed by atoms with Crippen LogP contribution in [0.1, 0.15) is 30.1 Å². The number of nitrogens with two attached hydrogens (primary N) is 3. The molecule has 0 bridgehead atoms.